The average Bonchev–Trinajstić information content (AvgIpc) is 2.99. The third kappa shape index (κ3) is 19.0. The Hall–Kier alpha value is -3.30. The molecular weight excluding hydrogens is 569 g/mol. The third-order valence-electron chi connectivity index (χ3n) is 7.50. The molecular formula is C42H60O2S. The number of benzene rings is 4. The Morgan fingerprint density at radius 3 is 0.533 bits per heavy atom. The quantitative estimate of drug-likeness (QED) is 0.220. The second-order valence-corrected chi connectivity index (χ2v) is 13.4. The number of hydrogen-bond acceptors (Lipinski definition) is 2. The van der Waals surface area contributed by atoms with Crippen molar-refractivity contribution >= 4 is 11.6 Å². The minimum Gasteiger partial charge on any atom is -0.168 e. The second kappa shape index (κ2) is 23.1. The molecule has 0 aliphatic carbocycles. The van der Waals surface area contributed by atoms with Crippen molar-refractivity contribution < 1.29 is 8.42 Å². The molecule has 0 saturated carbocycles. The first kappa shape index (κ1) is 41.7. The predicted molar refractivity (Wildman–Crippen MR) is 199 cm³/mol. The van der Waals surface area contributed by atoms with E-state index in [-0.39, 0.29) is 0 Å². The minimum atomic E-state index is -0.750. The molecule has 4 aromatic carbocycles. The molecule has 2 nitrogen and oxygen atoms in total. The van der Waals surface area contributed by atoms with Gasteiger partial charge in [0.2, 0.25) is 0 Å². The Bertz CT molecular complexity index is 1180. The lowest BCUT2D eigenvalue weighted by Gasteiger charge is -2.08. The Labute approximate surface area is 280 Å². The minimum absolute atomic E-state index is 0.645. The summed E-state index contributed by atoms with van der Waals surface area (Å²) < 4.78 is 16.6. The fourth-order valence-corrected chi connectivity index (χ4v) is 4.12. The van der Waals surface area contributed by atoms with Crippen molar-refractivity contribution in [1.82, 2.24) is 0 Å². The summed E-state index contributed by atoms with van der Waals surface area (Å²) in [7, 11) is 0. The highest BCUT2D eigenvalue weighted by molar-refractivity contribution is 7.51. The molecule has 0 amide bonds. The average molecular weight is 629 g/mol. The molecule has 0 saturated heterocycles. The standard InChI is InChI=1S/C12H18.3C10H14.O2S/c1-9(2)11-5-7-12(8-6-11)10(3)4;3*1-8(2)10-6-4-9(3)5-7-10;1-3-2/h5-10H,1-4H3;3*4-8H,1-3H3;. The van der Waals surface area contributed by atoms with Crippen LogP contribution in [0.2, 0.25) is 0 Å². The van der Waals surface area contributed by atoms with E-state index >= 15 is 0 Å². The fourth-order valence-electron chi connectivity index (χ4n) is 4.12. The maximum atomic E-state index is 8.29. The van der Waals surface area contributed by atoms with Crippen molar-refractivity contribution in [2.45, 2.75) is 120 Å². The lowest BCUT2D eigenvalue weighted by Crippen LogP contribution is -1.90. The molecule has 0 fully saturated rings. The highest BCUT2D eigenvalue weighted by atomic mass is 32.1. The van der Waals surface area contributed by atoms with Gasteiger partial charge in [0.25, 0.3) is 0 Å². The summed E-state index contributed by atoms with van der Waals surface area (Å²) in [5.74, 6) is 3.25. The van der Waals surface area contributed by atoms with Gasteiger partial charge in [0.15, 0.2) is 0 Å². The van der Waals surface area contributed by atoms with Gasteiger partial charge in [-0.2, -0.15) is 8.42 Å². The van der Waals surface area contributed by atoms with Crippen LogP contribution in [-0.4, -0.2) is 8.42 Å². The topological polar surface area (TPSA) is 34.1 Å². The first-order valence-electron chi connectivity index (χ1n) is 16.3. The van der Waals surface area contributed by atoms with Crippen LogP contribution in [0.4, 0.5) is 0 Å². The van der Waals surface area contributed by atoms with E-state index in [4.69, 9.17) is 8.42 Å². The van der Waals surface area contributed by atoms with Gasteiger partial charge in [0.05, 0.1) is 0 Å². The molecule has 3 heteroatoms. The molecule has 0 N–H and O–H groups in total. The summed E-state index contributed by atoms with van der Waals surface area (Å²) in [5.41, 5.74) is 11.1. The van der Waals surface area contributed by atoms with E-state index in [2.05, 4.69) is 187 Å². The van der Waals surface area contributed by atoms with Crippen LogP contribution in [0.1, 0.15) is 143 Å². The van der Waals surface area contributed by atoms with E-state index in [1.54, 1.807) is 0 Å². The molecule has 4 aromatic rings. The Morgan fingerprint density at radius 2 is 0.422 bits per heavy atom. The van der Waals surface area contributed by atoms with Crippen molar-refractivity contribution in [3.63, 3.8) is 0 Å². The summed E-state index contributed by atoms with van der Waals surface area (Å²) in [4.78, 5) is 0. The van der Waals surface area contributed by atoms with Crippen LogP contribution < -0.4 is 0 Å². The van der Waals surface area contributed by atoms with E-state index in [0.717, 1.165) is 0 Å². The van der Waals surface area contributed by atoms with Crippen LogP contribution in [0.15, 0.2) is 97.1 Å². The Balaban J connectivity index is 0.000000558. The predicted octanol–water partition coefficient (Wildman–Crippen LogP) is 12.6. The van der Waals surface area contributed by atoms with E-state index in [9.17, 15) is 0 Å². The number of hydrogen-bond donors (Lipinski definition) is 0. The van der Waals surface area contributed by atoms with Gasteiger partial charge in [-0.05, 0) is 78.2 Å². The van der Waals surface area contributed by atoms with Crippen molar-refractivity contribution in [2.75, 3.05) is 0 Å². The molecule has 0 aliphatic heterocycles. The van der Waals surface area contributed by atoms with Crippen LogP contribution in [0.5, 0.6) is 0 Å². The summed E-state index contributed by atoms with van der Waals surface area (Å²) in [6.07, 6.45) is 0. The Kier molecular flexibility index (Phi) is 21.4. The van der Waals surface area contributed by atoms with E-state index < -0.39 is 11.6 Å². The van der Waals surface area contributed by atoms with Gasteiger partial charge in [0.1, 0.15) is 0 Å². The lowest BCUT2D eigenvalue weighted by atomic mass is 9.97. The molecule has 0 aromatic heterocycles. The molecule has 4 rings (SSSR count). The first-order valence-corrected chi connectivity index (χ1v) is 17.0. The first-order chi connectivity index (χ1) is 21.1. The van der Waals surface area contributed by atoms with Crippen LogP contribution in [0, 0.1) is 20.8 Å². The molecule has 0 radical (unpaired) electrons. The largest absolute Gasteiger partial charge is 0.335 e. The molecule has 0 heterocycles. The highest BCUT2D eigenvalue weighted by Gasteiger charge is 2.01. The molecule has 0 unspecified atom stereocenters. The van der Waals surface area contributed by atoms with Gasteiger partial charge in [-0.1, -0.05) is 183 Å². The monoisotopic (exact) mass is 628 g/mol. The van der Waals surface area contributed by atoms with Gasteiger partial charge in [0, 0.05) is 0 Å². The van der Waals surface area contributed by atoms with Crippen LogP contribution in [-0.2, 0) is 11.6 Å². The van der Waals surface area contributed by atoms with Crippen LogP contribution in [0.25, 0.3) is 0 Å². The summed E-state index contributed by atoms with van der Waals surface area (Å²) in [6.45, 7) is 28.5. The van der Waals surface area contributed by atoms with Gasteiger partial charge in [-0.3, -0.25) is 0 Å². The smallest absolute Gasteiger partial charge is 0.168 e. The summed E-state index contributed by atoms with van der Waals surface area (Å²) in [5, 5.41) is 0. The van der Waals surface area contributed by atoms with Crippen molar-refractivity contribution in [3.05, 3.63) is 142 Å². The summed E-state index contributed by atoms with van der Waals surface area (Å²) in [6, 6.07) is 35.1. The third-order valence-corrected chi connectivity index (χ3v) is 7.50. The van der Waals surface area contributed by atoms with Crippen molar-refractivity contribution in [3.8, 4) is 0 Å². The van der Waals surface area contributed by atoms with Crippen LogP contribution >= 0.6 is 0 Å². The maximum absolute atomic E-state index is 8.29. The van der Waals surface area contributed by atoms with Crippen molar-refractivity contribution in [2.24, 2.45) is 0 Å². The summed E-state index contributed by atoms with van der Waals surface area (Å²) >= 11 is -0.750. The van der Waals surface area contributed by atoms with E-state index in [0.29, 0.717) is 29.6 Å². The van der Waals surface area contributed by atoms with Crippen LogP contribution in [0.3, 0.4) is 0 Å². The SMILES string of the molecule is CC(C)c1ccc(C(C)C)cc1.Cc1ccc(C(C)C)cc1.Cc1ccc(C(C)C)cc1.Cc1ccc(C(C)C)cc1.O=S=O. The zero-order valence-electron chi connectivity index (χ0n) is 30.3. The molecule has 0 aliphatic rings. The Morgan fingerprint density at radius 1 is 0.311 bits per heavy atom. The zero-order chi connectivity index (χ0) is 34.5. The molecule has 0 bridgehead atoms. The highest BCUT2D eigenvalue weighted by Crippen LogP contribution is 2.19. The molecule has 246 valence electrons. The second-order valence-electron chi connectivity index (χ2n) is 13.2. The van der Waals surface area contributed by atoms with Crippen molar-refractivity contribution in [1.29, 1.82) is 0 Å². The number of aryl methyl sites for hydroxylation is 3. The van der Waals surface area contributed by atoms with E-state index in [1.165, 1.54) is 44.5 Å². The maximum Gasteiger partial charge on any atom is 0.335 e. The molecule has 0 spiro atoms. The van der Waals surface area contributed by atoms with Gasteiger partial charge < -0.3 is 0 Å². The normalized spacial score (nSPS) is 10.2. The zero-order valence-corrected chi connectivity index (χ0v) is 31.2. The van der Waals surface area contributed by atoms with Gasteiger partial charge >= 0.3 is 11.6 Å². The molecule has 0 atom stereocenters. The number of rotatable bonds is 5. The van der Waals surface area contributed by atoms with Gasteiger partial charge in [-0.15, -0.1) is 0 Å². The van der Waals surface area contributed by atoms with Gasteiger partial charge in [-0.25, -0.2) is 0 Å². The molecule has 45 heavy (non-hydrogen) atoms. The van der Waals surface area contributed by atoms with E-state index in [1.807, 2.05) is 0 Å². The lowest BCUT2D eigenvalue weighted by molar-refractivity contribution is 0.630. The fraction of sp³-hybridized carbons (Fsp3) is 0.429.